The van der Waals surface area contributed by atoms with Crippen molar-refractivity contribution in [3.05, 3.63) is 0 Å². The highest BCUT2D eigenvalue weighted by Gasteiger charge is 2.15. The molecule has 1 aromatic heterocycles. The fourth-order valence-corrected chi connectivity index (χ4v) is 1.25. The SMILES string of the molecule is COc1nc(NCCNC(=O)OC(C)(C)C)nc(OC)n1. The van der Waals surface area contributed by atoms with Gasteiger partial charge in [0.2, 0.25) is 5.95 Å². The number of aromatic nitrogens is 3. The number of hydrogen-bond donors (Lipinski definition) is 2. The predicted octanol–water partition coefficient (Wildman–Crippen LogP) is 0.825. The Morgan fingerprint density at radius 2 is 1.62 bits per heavy atom. The van der Waals surface area contributed by atoms with Crippen molar-refractivity contribution in [3.63, 3.8) is 0 Å². The molecule has 118 valence electrons. The highest BCUT2D eigenvalue weighted by atomic mass is 16.6. The average Bonchev–Trinajstić information content (AvgIpc) is 2.41. The maximum absolute atomic E-state index is 11.4. The largest absolute Gasteiger partial charge is 0.467 e. The highest BCUT2D eigenvalue weighted by molar-refractivity contribution is 5.67. The predicted molar refractivity (Wildman–Crippen MR) is 75.7 cm³/mol. The molecule has 1 amide bonds. The van der Waals surface area contributed by atoms with Crippen molar-refractivity contribution in [2.45, 2.75) is 26.4 Å². The molecule has 1 rings (SSSR count). The van der Waals surface area contributed by atoms with E-state index < -0.39 is 11.7 Å². The summed E-state index contributed by atoms with van der Waals surface area (Å²) in [6.07, 6.45) is -0.477. The monoisotopic (exact) mass is 299 g/mol. The zero-order valence-electron chi connectivity index (χ0n) is 12.9. The lowest BCUT2D eigenvalue weighted by molar-refractivity contribution is 0.0530. The Kier molecular flexibility index (Phi) is 5.94. The summed E-state index contributed by atoms with van der Waals surface area (Å²) < 4.78 is 15.0. The molecule has 0 aliphatic rings. The molecule has 1 aromatic rings. The molecule has 21 heavy (non-hydrogen) atoms. The second-order valence-corrected chi connectivity index (χ2v) is 4.99. The van der Waals surface area contributed by atoms with E-state index >= 15 is 0 Å². The first kappa shape index (κ1) is 16.7. The number of methoxy groups -OCH3 is 2. The first-order valence-corrected chi connectivity index (χ1v) is 6.39. The van der Waals surface area contributed by atoms with Gasteiger partial charge >= 0.3 is 18.1 Å². The number of nitrogens with zero attached hydrogens (tertiary/aromatic N) is 3. The van der Waals surface area contributed by atoms with Crippen molar-refractivity contribution in [1.29, 1.82) is 0 Å². The molecule has 2 N–H and O–H groups in total. The molecule has 1 heterocycles. The van der Waals surface area contributed by atoms with E-state index in [1.165, 1.54) is 14.2 Å². The molecule has 0 atom stereocenters. The minimum atomic E-state index is -0.521. The summed E-state index contributed by atoms with van der Waals surface area (Å²) in [7, 11) is 2.89. The van der Waals surface area contributed by atoms with Crippen LogP contribution in [0.15, 0.2) is 0 Å². The minimum Gasteiger partial charge on any atom is -0.467 e. The van der Waals surface area contributed by atoms with Crippen molar-refractivity contribution in [1.82, 2.24) is 20.3 Å². The molecule has 0 aliphatic heterocycles. The smallest absolute Gasteiger partial charge is 0.407 e. The molecule has 0 saturated heterocycles. The van der Waals surface area contributed by atoms with Gasteiger partial charge in [0.1, 0.15) is 5.60 Å². The van der Waals surface area contributed by atoms with Crippen LogP contribution in [0.25, 0.3) is 0 Å². The van der Waals surface area contributed by atoms with Crippen LogP contribution in [0.2, 0.25) is 0 Å². The second kappa shape index (κ2) is 7.46. The van der Waals surface area contributed by atoms with E-state index in [9.17, 15) is 4.79 Å². The number of alkyl carbamates (subject to hydrolysis) is 1. The molecule has 0 saturated carbocycles. The number of ether oxygens (including phenoxy) is 3. The van der Waals surface area contributed by atoms with E-state index in [2.05, 4.69) is 25.6 Å². The Hall–Kier alpha value is -2.32. The summed E-state index contributed by atoms with van der Waals surface area (Å²) >= 11 is 0. The summed E-state index contributed by atoms with van der Waals surface area (Å²) in [5, 5.41) is 5.53. The van der Waals surface area contributed by atoms with Crippen LogP contribution in [0.4, 0.5) is 10.7 Å². The molecule has 0 fully saturated rings. The topological polar surface area (TPSA) is 107 Å². The Bertz CT molecular complexity index is 453. The van der Waals surface area contributed by atoms with Crippen LogP contribution in [-0.2, 0) is 4.74 Å². The fraction of sp³-hybridized carbons (Fsp3) is 0.667. The average molecular weight is 299 g/mol. The molecule has 9 nitrogen and oxygen atoms in total. The van der Waals surface area contributed by atoms with Crippen LogP contribution < -0.4 is 20.1 Å². The third kappa shape index (κ3) is 6.59. The van der Waals surface area contributed by atoms with Gasteiger partial charge < -0.3 is 24.8 Å². The Balaban J connectivity index is 2.40. The summed E-state index contributed by atoms with van der Waals surface area (Å²) in [4.78, 5) is 23.3. The summed E-state index contributed by atoms with van der Waals surface area (Å²) in [6.45, 7) is 6.16. The lowest BCUT2D eigenvalue weighted by atomic mass is 10.2. The number of carbonyl (C=O) groups excluding carboxylic acids is 1. The van der Waals surface area contributed by atoms with Crippen LogP contribution in [0.1, 0.15) is 20.8 Å². The first-order chi connectivity index (χ1) is 9.84. The zero-order valence-corrected chi connectivity index (χ0v) is 12.9. The van der Waals surface area contributed by atoms with Gasteiger partial charge in [-0.3, -0.25) is 0 Å². The Labute approximate surface area is 123 Å². The van der Waals surface area contributed by atoms with Crippen LogP contribution in [0.3, 0.4) is 0 Å². The van der Waals surface area contributed by atoms with Crippen LogP contribution >= 0.6 is 0 Å². The molecule has 0 radical (unpaired) electrons. The van der Waals surface area contributed by atoms with Crippen molar-refractivity contribution in [2.24, 2.45) is 0 Å². The number of carbonyl (C=O) groups is 1. The molecular weight excluding hydrogens is 278 g/mol. The summed E-state index contributed by atoms with van der Waals surface area (Å²) in [5.41, 5.74) is -0.521. The third-order valence-corrected chi connectivity index (χ3v) is 2.04. The Morgan fingerprint density at radius 3 is 2.10 bits per heavy atom. The van der Waals surface area contributed by atoms with Gasteiger partial charge in [0.15, 0.2) is 0 Å². The number of hydrogen-bond acceptors (Lipinski definition) is 8. The van der Waals surface area contributed by atoms with Crippen molar-refractivity contribution < 1.29 is 19.0 Å². The molecule has 0 aromatic carbocycles. The quantitative estimate of drug-likeness (QED) is 0.744. The summed E-state index contributed by atoms with van der Waals surface area (Å²) in [6, 6.07) is 0.286. The van der Waals surface area contributed by atoms with Crippen LogP contribution in [0.5, 0.6) is 12.0 Å². The van der Waals surface area contributed by atoms with E-state index in [4.69, 9.17) is 14.2 Å². The second-order valence-electron chi connectivity index (χ2n) is 4.99. The molecule has 9 heteroatoms. The van der Waals surface area contributed by atoms with E-state index in [0.29, 0.717) is 19.0 Å². The summed E-state index contributed by atoms with van der Waals surface area (Å²) in [5.74, 6) is 0.296. The van der Waals surface area contributed by atoms with Crippen LogP contribution in [-0.4, -0.2) is 54.0 Å². The van der Waals surface area contributed by atoms with Gasteiger partial charge in [-0.05, 0) is 20.8 Å². The molecule has 0 spiro atoms. The third-order valence-electron chi connectivity index (χ3n) is 2.04. The van der Waals surface area contributed by atoms with E-state index in [0.717, 1.165) is 0 Å². The maximum atomic E-state index is 11.4. The van der Waals surface area contributed by atoms with Gasteiger partial charge in [-0.25, -0.2) is 4.79 Å². The van der Waals surface area contributed by atoms with Gasteiger partial charge in [0.25, 0.3) is 0 Å². The molecule has 0 unspecified atom stereocenters. The highest BCUT2D eigenvalue weighted by Crippen LogP contribution is 2.11. The van der Waals surface area contributed by atoms with Gasteiger partial charge in [-0.15, -0.1) is 4.98 Å². The maximum Gasteiger partial charge on any atom is 0.407 e. The Morgan fingerprint density at radius 1 is 1.05 bits per heavy atom. The fourth-order valence-electron chi connectivity index (χ4n) is 1.25. The standard InChI is InChI=1S/C12H21N5O4/c1-12(2,3)21-11(18)14-7-6-13-8-15-9(19-4)17-10(16-8)20-5/h6-7H2,1-5H3,(H,14,18)(H,13,15,16,17). The normalized spacial score (nSPS) is 10.7. The van der Waals surface area contributed by atoms with E-state index in [-0.39, 0.29) is 12.0 Å². The molecule has 0 bridgehead atoms. The van der Waals surface area contributed by atoms with Crippen LogP contribution in [0, 0.1) is 0 Å². The molecular formula is C12H21N5O4. The van der Waals surface area contributed by atoms with Crippen molar-refractivity contribution in [3.8, 4) is 12.0 Å². The minimum absolute atomic E-state index is 0.143. The van der Waals surface area contributed by atoms with Gasteiger partial charge in [0.05, 0.1) is 14.2 Å². The number of nitrogens with one attached hydrogen (secondary N) is 2. The lowest BCUT2D eigenvalue weighted by Crippen LogP contribution is -2.35. The van der Waals surface area contributed by atoms with E-state index in [1.807, 2.05) is 0 Å². The van der Waals surface area contributed by atoms with Gasteiger partial charge in [0, 0.05) is 13.1 Å². The molecule has 0 aliphatic carbocycles. The number of amides is 1. The first-order valence-electron chi connectivity index (χ1n) is 6.39. The van der Waals surface area contributed by atoms with Gasteiger partial charge in [-0.2, -0.15) is 9.97 Å². The number of anilines is 1. The van der Waals surface area contributed by atoms with Crippen molar-refractivity contribution in [2.75, 3.05) is 32.6 Å². The van der Waals surface area contributed by atoms with Gasteiger partial charge in [-0.1, -0.05) is 0 Å². The lowest BCUT2D eigenvalue weighted by Gasteiger charge is -2.19. The zero-order chi connectivity index (χ0) is 15.9. The van der Waals surface area contributed by atoms with Crippen molar-refractivity contribution >= 4 is 12.0 Å². The van der Waals surface area contributed by atoms with E-state index in [1.54, 1.807) is 20.8 Å². The number of rotatable bonds is 6.